The fraction of sp³-hybridized carbons (Fsp3) is 0.435. The SMILES string of the molecule is COc1ccc(C(C)C)cc1S(=O)(=O)N1CCC(C(=O)NCc2ccc(S(N)(=O)=O)cc2)CC1. The number of ether oxygens (including phenoxy) is 1. The van der Waals surface area contributed by atoms with Crippen molar-refractivity contribution in [2.75, 3.05) is 20.2 Å². The van der Waals surface area contributed by atoms with Gasteiger partial charge in [0.05, 0.1) is 12.0 Å². The highest BCUT2D eigenvalue weighted by Gasteiger charge is 2.34. The number of nitrogens with zero attached hydrogens (tertiary/aromatic N) is 1. The second-order valence-corrected chi connectivity index (χ2v) is 12.1. The van der Waals surface area contributed by atoms with Crippen molar-refractivity contribution in [1.29, 1.82) is 0 Å². The van der Waals surface area contributed by atoms with Crippen molar-refractivity contribution in [2.24, 2.45) is 11.1 Å². The molecule has 0 atom stereocenters. The van der Waals surface area contributed by atoms with Gasteiger partial charge in [-0.05, 0) is 54.2 Å². The molecule has 0 bridgehead atoms. The van der Waals surface area contributed by atoms with Crippen molar-refractivity contribution in [1.82, 2.24) is 9.62 Å². The van der Waals surface area contributed by atoms with Crippen LogP contribution in [0.3, 0.4) is 0 Å². The molecule has 0 radical (unpaired) electrons. The predicted molar refractivity (Wildman–Crippen MR) is 128 cm³/mol. The molecule has 2 aromatic carbocycles. The third-order valence-electron chi connectivity index (χ3n) is 6.02. The van der Waals surface area contributed by atoms with E-state index < -0.39 is 20.0 Å². The van der Waals surface area contributed by atoms with Crippen LogP contribution in [0.5, 0.6) is 5.75 Å². The predicted octanol–water partition coefficient (Wildman–Crippen LogP) is 2.18. The summed E-state index contributed by atoms with van der Waals surface area (Å²) in [5.74, 6) is 0.00825. The monoisotopic (exact) mass is 509 g/mol. The lowest BCUT2D eigenvalue weighted by Gasteiger charge is -2.31. The number of amides is 1. The zero-order valence-corrected chi connectivity index (χ0v) is 21.2. The van der Waals surface area contributed by atoms with E-state index in [0.717, 1.165) is 11.1 Å². The van der Waals surface area contributed by atoms with Crippen LogP contribution in [0.4, 0.5) is 0 Å². The molecule has 0 spiro atoms. The molecule has 0 aromatic heterocycles. The Morgan fingerprint density at radius 2 is 1.71 bits per heavy atom. The Balaban J connectivity index is 1.61. The summed E-state index contributed by atoms with van der Waals surface area (Å²) in [5, 5.41) is 7.93. The first-order chi connectivity index (χ1) is 15.9. The Hall–Kier alpha value is -2.47. The minimum atomic E-state index is -3.77. The fourth-order valence-corrected chi connectivity index (χ4v) is 6.06. The lowest BCUT2D eigenvalue weighted by atomic mass is 9.97. The smallest absolute Gasteiger partial charge is 0.246 e. The number of hydrogen-bond acceptors (Lipinski definition) is 6. The van der Waals surface area contributed by atoms with E-state index in [1.165, 1.54) is 23.5 Å². The third kappa shape index (κ3) is 5.96. The fourth-order valence-electron chi connectivity index (χ4n) is 3.88. The van der Waals surface area contributed by atoms with Crippen LogP contribution >= 0.6 is 0 Å². The number of benzene rings is 2. The molecule has 1 heterocycles. The Morgan fingerprint density at radius 3 is 2.24 bits per heavy atom. The number of piperidine rings is 1. The molecule has 186 valence electrons. The van der Waals surface area contributed by atoms with Gasteiger partial charge in [-0.1, -0.05) is 32.0 Å². The molecule has 1 fully saturated rings. The summed E-state index contributed by atoms with van der Waals surface area (Å²) in [4.78, 5) is 12.8. The van der Waals surface area contributed by atoms with Crippen molar-refractivity contribution >= 4 is 26.0 Å². The number of rotatable bonds is 8. The van der Waals surface area contributed by atoms with E-state index in [1.54, 1.807) is 24.3 Å². The Bertz CT molecular complexity index is 1230. The van der Waals surface area contributed by atoms with Gasteiger partial charge in [0.1, 0.15) is 10.6 Å². The van der Waals surface area contributed by atoms with Crippen molar-refractivity contribution in [2.45, 2.75) is 48.9 Å². The van der Waals surface area contributed by atoms with Crippen LogP contribution in [0.1, 0.15) is 43.7 Å². The topological polar surface area (TPSA) is 136 Å². The molecular weight excluding hydrogens is 478 g/mol. The average molecular weight is 510 g/mol. The summed E-state index contributed by atoms with van der Waals surface area (Å²) in [6.45, 7) is 4.70. The normalized spacial score (nSPS) is 15.9. The van der Waals surface area contributed by atoms with E-state index in [-0.39, 0.29) is 47.2 Å². The molecule has 0 aliphatic carbocycles. The van der Waals surface area contributed by atoms with Crippen LogP contribution in [-0.4, -0.2) is 47.2 Å². The first-order valence-electron chi connectivity index (χ1n) is 11.0. The first kappa shape index (κ1) is 26.1. The highest BCUT2D eigenvalue weighted by Crippen LogP contribution is 2.32. The molecule has 3 N–H and O–H groups in total. The standard InChI is InChI=1S/C23H31N3O6S2/c1-16(2)19-6-9-21(32-3)22(14-19)34(30,31)26-12-10-18(11-13-26)23(27)25-15-17-4-7-20(8-5-17)33(24,28)29/h4-9,14,16,18H,10-13,15H2,1-3H3,(H,25,27)(H2,24,28,29). The molecule has 1 amide bonds. The zero-order valence-electron chi connectivity index (χ0n) is 19.5. The Kier molecular flexibility index (Phi) is 8.02. The quantitative estimate of drug-likeness (QED) is 0.560. The number of nitrogens with one attached hydrogen (secondary N) is 1. The minimum absolute atomic E-state index is 0.00622. The highest BCUT2D eigenvalue weighted by molar-refractivity contribution is 7.89. The van der Waals surface area contributed by atoms with Gasteiger partial charge in [-0.15, -0.1) is 0 Å². The summed E-state index contributed by atoms with van der Waals surface area (Å²) in [6.07, 6.45) is 0.809. The van der Waals surface area contributed by atoms with E-state index in [2.05, 4.69) is 5.32 Å². The number of primary sulfonamides is 1. The summed E-state index contributed by atoms with van der Waals surface area (Å²) < 4.78 is 56.0. The molecule has 1 saturated heterocycles. The lowest BCUT2D eigenvalue weighted by molar-refractivity contribution is -0.126. The second-order valence-electron chi connectivity index (χ2n) is 8.65. The number of carbonyl (C=O) groups is 1. The van der Waals surface area contributed by atoms with Gasteiger partial charge >= 0.3 is 0 Å². The summed E-state index contributed by atoms with van der Waals surface area (Å²) in [7, 11) is -6.08. The Labute approximate surface area is 201 Å². The number of sulfonamides is 2. The molecule has 1 aliphatic heterocycles. The Morgan fingerprint density at radius 1 is 1.09 bits per heavy atom. The van der Waals surface area contributed by atoms with E-state index in [4.69, 9.17) is 9.88 Å². The van der Waals surface area contributed by atoms with Crippen LogP contribution in [0.2, 0.25) is 0 Å². The van der Waals surface area contributed by atoms with Gasteiger partial charge in [0.25, 0.3) is 0 Å². The maximum atomic E-state index is 13.3. The summed E-state index contributed by atoms with van der Waals surface area (Å²) >= 11 is 0. The summed E-state index contributed by atoms with van der Waals surface area (Å²) in [6, 6.07) is 11.2. The van der Waals surface area contributed by atoms with Crippen molar-refractivity contribution in [3.8, 4) is 5.75 Å². The summed E-state index contributed by atoms with van der Waals surface area (Å²) in [5.41, 5.74) is 1.64. The van der Waals surface area contributed by atoms with Crippen LogP contribution in [0.15, 0.2) is 52.3 Å². The number of carbonyl (C=O) groups excluding carboxylic acids is 1. The van der Waals surface area contributed by atoms with Gasteiger partial charge in [-0.25, -0.2) is 22.0 Å². The van der Waals surface area contributed by atoms with E-state index in [1.807, 2.05) is 19.9 Å². The second kappa shape index (κ2) is 10.4. The number of methoxy groups -OCH3 is 1. The van der Waals surface area contributed by atoms with Gasteiger partial charge < -0.3 is 10.1 Å². The van der Waals surface area contributed by atoms with Gasteiger partial charge in [0.2, 0.25) is 26.0 Å². The van der Waals surface area contributed by atoms with E-state index >= 15 is 0 Å². The van der Waals surface area contributed by atoms with Crippen molar-refractivity contribution < 1.29 is 26.4 Å². The molecule has 0 saturated carbocycles. The first-order valence-corrected chi connectivity index (χ1v) is 14.0. The van der Waals surface area contributed by atoms with Gasteiger partial charge in [-0.2, -0.15) is 4.31 Å². The average Bonchev–Trinajstić information content (AvgIpc) is 2.81. The third-order valence-corrected chi connectivity index (χ3v) is 8.86. The minimum Gasteiger partial charge on any atom is -0.495 e. The van der Waals surface area contributed by atoms with E-state index in [9.17, 15) is 21.6 Å². The van der Waals surface area contributed by atoms with Crippen molar-refractivity contribution in [3.63, 3.8) is 0 Å². The maximum absolute atomic E-state index is 13.3. The maximum Gasteiger partial charge on any atom is 0.246 e. The van der Waals surface area contributed by atoms with Gasteiger partial charge in [0.15, 0.2) is 0 Å². The van der Waals surface area contributed by atoms with Crippen molar-refractivity contribution in [3.05, 3.63) is 53.6 Å². The number of nitrogens with two attached hydrogens (primary N) is 1. The molecule has 1 aliphatic rings. The van der Waals surface area contributed by atoms with E-state index in [0.29, 0.717) is 18.6 Å². The van der Waals surface area contributed by atoms with Crippen LogP contribution in [-0.2, 0) is 31.4 Å². The largest absolute Gasteiger partial charge is 0.495 e. The number of hydrogen-bond donors (Lipinski definition) is 2. The molecule has 11 heteroatoms. The molecule has 2 aromatic rings. The molecule has 9 nitrogen and oxygen atoms in total. The van der Waals surface area contributed by atoms with Gasteiger partial charge in [0, 0.05) is 25.6 Å². The van der Waals surface area contributed by atoms with Crippen LogP contribution < -0.4 is 15.2 Å². The van der Waals surface area contributed by atoms with Crippen LogP contribution in [0, 0.1) is 5.92 Å². The molecule has 34 heavy (non-hydrogen) atoms. The lowest BCUT2D eigenvalue weighted by Crippen LogP contribution is -2.43. The molecule has 0 unspecified atom stereocenters. The highest BCUT2D eigenvalue weighted by atomic mass is 32.2. The van der Waals surface area contributed by atoms with Gasteiger partial charge in [-0.3, -0.25) is 4.79 Å². The zero-order chi connectivity index (χ0) is 25.1. The molecule has 3 rings (SSSR count). The van der Waals surface area contributed by atoms with Crippen LogP contribution in [0.25, 0.3) is 0 Å². The molecular formula is C23H31N3O6S2.